The molecule has 1 saturated heterocycles. The van der Waals surface area contributed by atoms with E-state index in [1.165, 1.54) is 18.2 Å². The van der Waals surface area contributed by atoms with E-state index in [2.05, 4.69) is 48.7 Å². The maximum atomic E-state index is 14.5. The Kier molecular flexibility index (Phi) is 7.00. The molecular weight excluding hydrogens is 473 g/mol. The molecule has 0 radical (unpaired) electrons. The molecule has 0 spiro atoms. The molecule has 2 aromatic carbocycles. The number of rotatable bonds is 6. The van der Waals surface area contributed by atoms with Gasteiger partial charge in [-0.3, -0.25) is 5.10 Å². The molecule has 190 valence electrons. The van der Waals surface area contributed by atoms with Crippen LogP contribution in [-0.2, 0) is 0 Å². The highest BCUT2D eigenvalue weighted by Gasteiger charge is 2.16. The number of pyridine rings is 1. The number of H-pyrrole nitrogens is 1. The fourth-order valence-electron chi connectivity index (χ4n) is 4.17. The van der Waals surface area contributed by atoms with E-state index in [4.69, 9.17) is 4.74 Å². The number of nitrogens with one attached hydrogen (secondary N) is 3. The Bertz CT molecular complexity index is 1390. The number of carbonyl (C=O) groups is 1. The van der Waals surface area contributed by atoms with Crippen LogP contribution in [0.1, 0.15) is 5.56 Å². The highest BCUT2D eigenvalue weighted by atomic mass is 19.1. The molecule has 5 rings (SSSR count). The van der Waals surface area contributed by atoms with Crippen molar-refractivity contribution in [1.82, 2.24) is 20.1 Å². The van der Waals surface area contributed by atoms with Crippen LogP contribution < -0.4 is 20.3 Å². The highest BCUT2D eigenvalue weighted by molar-refractivity contribution is 6.00. The van der Waals surface area contributed by atoms with Gasteiger partial charge in [-0.25, -0.2) is 14.2 Å². The molecule has 3 N–H and O–H groups in total. The lowest BCUT2D eigenvalue weighted by Crippen LogP contribution is -2.44. The highest BCUT2D eigenvalue weighted by Crippen LogP contribution is 2.28. The molecule has 0 unspecified atom stereocenters. The van der Waals surface area contributed by atoms with Crippen molar-refractivity contribution in [3.05, 3.63) is 78.4 Å². The number of halogens is 1. The lowest BCUT2D eigenvalue weighted by atomic mass is 10.1. The normalized spacial score (nSPS) is 13.9. The molecule has 2 amide bonds. The zero-order chi connectivity index (χ0) is 25.8. The lowest BCUT2D eigenvalue weighted by molar-refractivity contribution is 0.262. The van der Waals surface area contributed by atoms with Crippen molar-refractivity contribution in [2.45, 2.75) is 6.92 Å². The standard InChI is InChI=1S/C27H28FN7O2/c1-18-12-20(14-21(13-18)35-10-8-34(2)9-11-35)31-27(36)33-25-15-22(6-7-23(25)28)37-26-5-3-4-24(32-26)19-16-29-30-17-19/h3-7,12-17H,8-11H2,1-2H3,(H,29,30)(H2,31,33,36). The van der Waals surface area contributed by atoms with Gasteiger partial charge in [0, 0.05) is 61.4 Å². The molecule has 1 aliphatic heterocycles. The zero-order valence-corrected chi connectivity index (χ0v) is 20.7. The van der Waals surface area contributed by atoms with E-state index in [-0.39, 0.29) is 5.69 Å². The second-order valence-electron chi connectivity index (χ2n) is 9.02. The van der Waals surface area contributed by atoms with E-state index in [0.717, 1.165) is 43.0 Å². The Hall–Kier alpha value is -4.44. The number of aromatic nitrogens is 3. The largest absolute Gasteiger partial charge is 0.439 e. The summed E-state index contributed by atoms with van der Waals surface area (Å²) in [6, 6.07) is 14.8. The number of likely N-dealkylation sites (N-methyl/N-ethyl adjacent to an activating group) is 1. The Morgan fingerprint density at radius 2 is 1.89 bits per heavy atom. The van der Waals surface area contributed by atoms with Gasteiger partial charge in [-0.1, -0.05) is 6.07 Å². The van der Waals surface area contributed by atoms with Crippen LogP contribution in [0.3, 0.4) is 0 Å². The van der Waals surface area contributed by atoms with E-state index in [9.17, 15) is 9.18 Å². The predicted molar refractivity (Wildman–Crippen MR) is 142 cm³/mol. The van der Waals surface area contributed by atoms with E-state index in [1.807, 2.05) is 25.1 Å². The van der Waals surface area contributed by atoms with E-state index >= 15 is 0 Å². The summed E-state index contributed by atoms with van der Waals surface area (Å²) in [5.41, 5.74) is 4.21. The lowest BCUT2D eigenvalue weighted by Gasteiger charge is -2.34. The van der Waals surface area contributed by atoms with Crippen molar-refractivity contribution in [3.8, 4) is 22.9 Å². The van der Waals surface area contributed by atoms with Gasteiger partial charge >= 0.3 is 6.03 Å². The summed E-state index contributed by atoms with van der Waals surface area (Å²) < 4.78 is 20.4. The van der Waals surface area contributed by atoms with E-state index < -0.39 is 11.8 Å². The van der Waals surface area contributed by atoms with Gasteiger partial charge in [0.25, 0.3) is 0 Å². The van der Waals surface area contributed by atoms with Crippen molar-refractivity contribution in [2.75, 3.05) is 48.8 Å². The Morgan fingerprint density at radius 3 is 2.68 bits per heavy atom. The Morgan fingerprint density at radius 1 is 1.05 bits per heavy atom. The van der Waals surface area contributed by atoms with Crippen LogP contribution in [0.15, 0.2) is 67.0 Å². The number of nitrogens with zero attached hydrogens (tertiary/aromatic N) is 4. The van der Waals surface area contributed by atoms with Crippen LogP contribution in [-0.4, -0.2) is 59.3 Å². The van der Waals surface area contributed by atoms with Crippen LogP contribution in [0, 0.1) is 12.7 Å². The number of carbonyl (C=O) groups excluding carboxylic acids is 1. The number of ether oxygens (including phenoxy) is 1. The number of hydrogen-bond donors (Lipinski definition) is 3. The summed E-state index contributed by atoms with van der Waals surface area (Å²) in [5, 5.41) is 12.1. The third kappa shape index (κ3) is 6.04. The van der Waals surface area contributed by atoms with Crippen molar-refractivity contribution in [3.63, 3.8) is 0 Å². The number of piperazine rings is 1. The van der Waals surface area contributed by atoms with Crippen molar-refractivity contribution in [1.29, 1.82) is 0 Å². The molecule has 0 atom stereocenters. The van der Waals surface area contributed by atoms with Gasteiger partial charge < -0.3 is 25.2 Å². The summed E-state index contributed by atoms with van der Waals surface area (Å²) in [7, 11) is 2.11. The maximum absolute atomic E-state index is 14.5. The SMILES string of the molecule is Cc1cc(NC(=O)Nc2cc(Oc3cccc(-c4cn[nH]c4)n3)ccc2F)cc(N2CCN(C)CC2)c1. The molecule has 0 aliphatic carbocycles. The van der Waals surface area contributed by atoms with Crippen LogP contribution in [0.2, 0.25) is 0 Å². The summed E-state index contributed by atoms with van der Waals surface area (Å²) in [6.07, 6.45) is 3.39. The van der Waals surface area contributed by atoms with Crippen molar-refractivity contribution in [2.24, 2.45) is 0 Å². The quantitative estimate of drug-likeness (QED) is 0.340. The van der Waals surface area contributed by atoms with Crippen LogP contribution in [0.25, 0.3) is 11.3 Å². The number of aryl methyl sites for hydroxylation is 1. The van der Waals surface area contributed by atoms with Gasteiger partial charge in [-0.15, -0.1) is 0 Å². The minimum Gasteiger partial charge on any atom is -0.439 e. The smallest absolute Gasteiger partial charge is 0.323 e. The van der Waals surface area contributed by atoms with E-state index in [1.54, 1.807) is 24.5 Å². The molecule has 10 heteroatoms. The number of urea groups is 1. The molecule has 2 aromatic heterocycles. The third-order valence-electron chi connectivity index (χ3n) is 6.11. The molecule has 9 nitrogen and oxygen atoms in total. The monoisotopic (exact) mass is 501 g/mol. The van der Waals surface area contributed by atoms with Gasteiger partial charge in [0.1, 0.15) is 11.6 Å². The van der Waals surface area contributed by atoms with Crippen molar-refractivity contribution >= 4 is 23.1 Å². The number of hydrogen-bond acceptors (Lipinski definition) is 6. The van der Waals surface area contributed by atoms with Gasteiger partial charge in [0.15, 0.2) is 0 Å². The number of anilines is 3. The first-order valence-corrected chi connectivity index (χ1v) is 12.0. The molecule has 3 heterocycles. The Labute approximate surface area is 214 Å². The molecular formula is C27H28FN7O2. The van der Waals surface area contributed by atoms with Gasteiger partial charge in [0.05, 0.1) is 17.6 Å². The van der Waals surface area contributed by atoms with Gasteiger partial charge in [-0.2, -0.15) is 5.10 Å². The summed E-state index contributed by atoms with van der Waals surface area (Å²) in [4.78, 5) is 21.8. The van der Waals surface area contributed by atoms with Crippen LogP contribution in [0.5, 0.6) is 11.6 Å². The van der Waals surface area contributed by atoms with Crippen LogP contribution in [0.4, 0.5) is 26.2 Å². The second kappa shape index (κ2) is 10.7. The number of benzene rings is 2. The molecule has 37 heavy (non-hydrogen) atoms. The minimum atomic E-state index is -0.579. The van der Waals surface area contributed by atoms with Crippen LogP contribution >= 0.6 is 0 Å². The molecule has 4 aromatic rings. The fraction of sp³-hybridized carbons (Fsp3) is 0.222. The summed E-state index contributed by atoms with van der Waals surface area (Å²) in [6.45, 7) is 5.79. The predicted octanol–water partition coefficient (Wildman–Crippen LogP) is 5.11. The number of amides is 2. The summed E-state index contributed by atoms with van der Waals surface area (Å²) >= 11 is 0. The maximum Gasteiger partial charge on any atom is 0.323 e. The third-order valence-corrected chi connectivity index (χ3v) is 6.11. The fourth-order valence-corrected chi connectivity index (χ4v) is 4.17. The van der Waals surface area contributed by atoms with Gasteiger partial charge in [-0.05, 0) is 55.9 Å². The first-order valence-electron chi connectivity index (χ1n) is 12.0. The van der Waals surface area contributed by atoms with Crippen molar-refractivity contribution < 1.29 is 13.9 Å². The average molecular weight is 502 g/mol. The first-order chi connectivity index (χ1) is 17.9. The van der Waals surface area contributed by atoms with Gasteiger partial charge in [0.2, 0.25) is 5.88 Å². The molecule has 1 aliphatic rings. The zero-order valence-electron chi connectivity index (χ0n) is 20.7. The molecule has 1 fully saturated rings. The number of aromatic amines is 1. The molecule has 0 bridgehead atoms. The Balaban J connectivity index is 1.27. The minimum absolute atomic E-state index is 0.00654. The van der Waals surface area contributed by atoms with E-state index in [0.29, 0.717) is 23.0 Å². The summed E-state index contributed by atoms with van der Waals surface area (Å²) in [5.74, 6) is 0.0864. The average Bonchev–Trinajstić information content (AvgIpc) is 3.42. The topological polar surface area (TPSA) is 98.4 Å². The molecule has 0 saturated carbocycles. The second-order valence-corrected chi connectivity index (χ2v) is 9.02. The first kappa shape index (κ1) is 24.3.